The van der Waals surface area contributed by atoms with Gasteiger partial charge in [0.15, 0.2) is 0 Å². The summed E-state index contributed by atoms with van der Waals surface area (Å²) >= 11 is 0. The molecule has 2 aromatic heterocycles. The molecule has 154 valence electrons. The van der Waals surface area contributed by atoms with Gasteiger partial charge in [-0.15, -0.1) is 0 Å². The van der Waals surface area contributed by atoms with E-state index in [4.69, 9.17) is 4.74 Å². The second-order valence-electron chi connectivity index (χ2n) is 6.62. The molecule has 2 heterocycles. The first kappa shape index (κ1) is 19.9. The Labute approximate surface area is 176 Å². The number of aryl methyl sites for hydroxylation is 1. The maximum atomic E-state index is 12.5. The van der Waals surface area contributed by atoms with E-state index in [1.807, 2.05) is 19.1 Å². The molecule has 2 aromatic carbocycles. The lowest BCUT2D eigenvalue weighted by atomic mass is 10.2. The van der Waals surface area contributed by atoms with Crippen molar-refractivity contribution >= 4 is 28.3 Å². The number of rotatable bonds is 6. The zero-order chi connectivity index (χ0) is 21.8. The number of benzene rings is 2. The van der Waals surface area contributed by atoms with E-state index in [-0.39, 0.29) is 17.5 Å². The fourth-order valence-corrected chi connectivity index (χ4v) is 2.95. The number of ether oxygens (including phenoxy) is 1. The smallest absolute Gasteiger partial charge is 0.270 e. The molecule has 0 aliphatic carbocycles. The lowest BCUT2D eigenvalue weighted by Gasteiger charge is -2.09. The average molecular weight is 415 g/mol. The molecular weight excluding hydrogens is 398 g/mol. The summed E-state index contributed by atoms with van der Waals surface area (Å²) in [5.41, 5.74) is 1.94. The van der Waals surface area contributed by atoms with Gasteiger partial charge in [0, 0.05) is 23.9 Å². The topological polar surface area (TPSA) is 120 Å². The average Bonchev–Trinajstić information content (AvgIpc) is 2.79. The highest BCUT2D eigenvalue weighted by Crippen LogP contribution is 2.29. The first-order chi connectivity index (χ1) is 15.0. The van der Waals surface area contributed by atoms with Crippen molar-refractivity contribution in [3.05, 3.63) is 88.4 Å². The van der Waals surface area contributed by atoms with Crippen molar-refractivity contribution in [2.24, 2.45) is 0 Å². The Morgan fingerprint density at radius 2 is 1.87 bits per heavy atom. The number of nitro benzene ring substituents is 1. The third kappa shape index (κ3) is 4.45. The number of anilines is 1. The first-order valence-corrected chi connectivity index (χ1v) is 9.47. The van der Waals surface area contributed by atoms with E-state index in [0.717, 1.165) is 12.0 Å². The van der Waals surface area contributed by atoms with Gasteiger partial charge in [-0.1, -0.05) is 6.92 Å². The first-order valence-electron chi connectivity index (χ1n) is 9.47. The molecular formula is C22H17N5O4. The molecule has 0 bridgehead atoms. The van der Waals surface area contributed by atoms with Gasteiger partial charge in [-0.05, 0) is 54.4 Å². The Hall–Kier alpha value is -4.40. The highest BCUT2D eigenvalue weighted by Gasteiger charge is 2.13. The third-order valence-corrected chi connectivity index (χ3v) is 4.60. The van der Waals surface area contributed by atoms with E-state index in [1.54, 1.807) is 30.5 Å². The Morgan fingerprint density at radius 3 is 2.61 bits per heavy atom. The van der Waals surface area contributed by atoms with E-state index in [2.05, 4.69) is 20.3 Å². The number of carbonyl (C=O) groups excluding carboxylic acids is 1. The Bertz CT molecular complexity index is 1270. The standard InChI is InChI=1S/C22H17N5O4/c1-2-14-9-10-23-20(11-14)26-21(28)15-3-6-17(7-4-15)31-22-18-12-16(27(29)30)5-8-19(18)24-13-25-22/h3-13H,2H2,1H3,(H,23,26,28). The summed E-state index contributed by atoms with van der Waals surface area (Å²) in [5, 5.41) is 14.2. The van der Waals surface area contributed by atoms with Gasteiger partial charge in [-0.25, -0.2) is 15.0 Å². The molecule has 0 saturated heterocycles. The number of nitrogens with zero attached hydrogens (tertiary/aromatic N) is 4. The Morgan fingerprint density at radius 1 is 1.06 bits per heavy atom. The van der Waals surface area contributed by atoms with Crippen LogP contribution < -0.4 is 10.1 Å². The molecule has 1 amide bonds. The predicted octanol–water partition coefficient (Wildman–Crippen LogP) is 4.54. The lowest BCUT2D eigenvalue weighted by Crippen LogP contribution is -2.13. The zero-order valence-electron chi connectivity index (χ0n) is 16.5. The molecule has 0 atom stereocenters. The molecule has 0 spiro atoms. The van der Waals surface area contributed by atoms with Crippen molar-refractivity contribution in [3.63, 3.8) is 0 Å². The summed E-state index contributed by atoms with van der Waals surface area (Å²) in [7, 11) is 0. The molecule has 0 saturated carbocycles. The van der Waals surface area contributed by atoms with Crippen LogP contribution in [0.3, 0.4) is 0 Å². The highest BCUT2D eigenvalue weighted by molar-refractivity contribution is 6.03. The van der Waals surface area contributed by atoms with Gasteiger partial charge >= 0.3 is 0 Å². The van der Waals surface area contributed by atoms with Crippen molar-refractivity contribution in [1.29, 1.82) is 0 Å². The molecule has 4 rings (SSSR count). The number of fused-ring (bicyclic) bond motifs is 1. The number of amides is 1. The molecule has 9 heteroatoms. The molecule has 0 fully saturated rings. The monoisotopic (exact) mass is 415 g/mol. The second-order valence-corrected chi connectivity index (χ2v) is 6.62. The molecule has 31 heavy (non-hydrogen) atoms. The normalized spacial score (nSPS) is 10.6. The number of non-ortho nitro benzene ring substituents is 1. The number of nitrogens with one attached hydrogen (secondary N) is 1. The number of hydrogen-bond acceptors (Lipinski definition) is 7. The van der Waals surface area contributed by atoms with Crippen molar-refractivity contribution in [1.82, 2.24) is 15.0 Å². The quantitative estimate of drug-likeness (QED) is 0.362. The lowest BCUT2D eigenvalue weighted by molar-refractivity contribution is -0.384. The summed E-state index contributed by atoms with van der Waals surface area (Å²) in [5.74, 6) is 0.801. The van der Waals surface area contributed by atoms with E-state index in [1.165, 1.54) is 24.5 Å². The van der Waals surface area contributed by atoms with Crippen LogP contribution >= 0.6 is 0 Å². The highest BCUT2D eigenvalue weighted by atomic mass is 16.6. The van der Waals surface area contributed by atoms with E-state index < -0.39 is 4.92 Å². The second kappa shape index (κ2) is 8.54. The summed E-state index contributed by atoms with van der Waals surface area (Å²) in [6, 6.07) is 14.5. The van der Waals surface area contributed by atoms with Gasteiger partial charge in [0.1, 0.15) is 17.9 Å². The van der Waals surface area contributed by atoms with Crippen molar-refractivity contribution in [2.75, 3.05) is 5.32 Å². The minimum atomic E-state index is -0.491. The van der Waals surface area contributed by atoms with Crippen molar-refractivity contribution < 1.29 is 14.5 Å². The summed E-state index contributed by atoms with van der Waals surface area (Å²) in [6.07, 6.45) is 3.82. The van der Waals surface area contributed by atoms with E-state index in [9.17, 15) is 14.9 Å². The Balaban J connectivity index is 1.53. The molecule has 0 unspecified atom stereocenters. The van der Waals surface area contributed by atoms with Gasteiger partial charge in [0.05, 0.1) is 15.8 Å². The fourth-order valence-electron chi connectivity index (χ4n) is 2.95. The van der Waals surface area contributed by atoms with Crippen LogP contribution in [0.5, 0.6) is 11.6 Å². The van der Waals surface area contributed by atoms with Crippen LogP contribution in [0.25, 0.3) is 10.9 Å². The van der Waals surface area contributed by atoms with Gasteiger partial charge < -0.3 is 10.1 Å². The molecule has 0 aliphatic rings. The molecule has 0 radical (unpaired) electrons. The summed E-state index contributed by atoms with van der Waals surface area (Å²) in [6.45, 7) is 2.03. The zero-order valence-corrected chi connectivity index (χ0v) is 16.5. The van der Waals surface area contributed by atoms with Crippen molar-refractivity contribution in [3.8, 4) is 11.6 Å². The Kier molecular flexibility index (Phi) is 5.48. The molecule has 1 N–H and O–H groups in total. The fraction of sp³-hybridized carbons (Fsp3) is 0.0909. The minimum absolute atomic E-state index is 0.0834. The number of hydrogen-bond donors (Lipinski definition) is 1. The predicted molar refractivity (Wildman–Crippen MR) is 114 cm³/mol. The van der Waals surface area contributed by atoms with Crippen LogP contribution in [0.15, 0.2) is 67.1 Å². The van der Waals surface area contributed by atoms with Crippen LogP contribution in [-0.4, -0.2) is 25.8 Å². The van der Waals surface area contributed by atoms with E-state index in [0.29, 0.717) is 28.0 Å². The molecule has 9 nitrogen and oxygen atoms in total. The maximum Gasteiger partial charge on any atom is 0.270 e. The number of pyridine rings is 1. The van der Waals surface area contributed by atoms with E-state index >= 15 is 0 Å². The van der Waals surface area contributed by atoms with Crippen LogP contribution in [0.2, 0.25) is 0 Å². The van der Waals surface area contributed by atoms with Crippen LogP contribution in [-0.2, 0) is 6.42 Å². The van der Waals surface area contributed by atoms with Gasteiger partial charge in [0.25, 0.3) is 11.6 Å². The van der Waals surface area contributed by atoms with Gasteiger partial charge in [-0.2, -0.15) is 0 Å². The summed E-state index contributed by atoms with van der Waals surface area (Å²) < 4.78 is 5.79. The van der Waals surface area contributed by atoms with Gasteiger partial charge in [0.2, 0.25) is 5.88 Å². The number of carbonyl (C=O) groups is 1. The largest absolute Gasteiger partial charge is 0.438 e. The van der Waals surface area contributed by atoms with Crippen LogP contribution in [0.1, 0.15) is 22.8 Å². The third-order valence-electron chi connectivity index (χ3n) is 4.60. The SMILES string of the molecule is CCc1ccnc(NC(=O)c2ccc(Oc3ncnc4ccc([N+](=O)[O-])cc34)cc2)c1. The minimum Gasteiger partial charge on any atom is -0.438 e. The van der Waals surface area contributed by atoms with Crippen LogP contribution in [0, 0.1) is 10.1 Å². The molecule has 0 aliphatic heterocycles. The maximum absolute atomic E-state index is 12.5. The van der Waals surface area contributed by atoms with Gasteiger partial charge in [-0.3, -0.25) is 14.9 Å². The number of aromatic nitrogens is 3. The molecule has 4 aromatic rings. The van der Waals surface area contributed by atoms with Crippen LogP contribution in [0.4, 0.5) is 11.5 Å². The summed E-state index contributed by atoms with van der Waals surface area (Å²) in [4.78, 5) is 35.4. The van der Waals surface area contributed by atoms with Crippen molar-refractivity contribution in [2.45, 2.75) is 13.3 Å². The number of nitro groups is 1.